The van der Waals surface area contributed by atoms with Crippen molar-refractivity contribution in [3.63, 3.8) is 0 Å². The molecule has 0 aliphatic carbocycles. The predicted octanol–water partition coefficient (Wildman–Crippen LogP) is 4.08. The number of rotatable bonds is 8. The molecule has 8 nitrogen and oxygen atoms in total. The number of hydrogen-bond acceptors (Lipinski definition) is 8. The number of anilines is 1. The average molecular weight is 531 g/mol. The van der Waals surface area contributed by atoms with E-state index in [2.05, 4.69) is 6.07 Å². The van der Waals surface area contributed by atoms with Crippen molar-refractivity contribution in [2.75, 3.05) is 31.1 Å². The van der Waals surface area contributed by atoms with Crippen LogP contribution in [0, 0.1) is 30.1 Å². The highest BCUT2D eigenvalue weighted by Crippen LogP contribution is 2.37. The molecule has 1 aromatic heterocycles. The van der Waals surface area contributed by atoms with Gasteiger partial charge in [0.2, 0.25) is 0 Å². The van der Waals surface area contributed by atoms with Crippen LogP contribution in [-0.2, 0) is 20.9 Å². The Hall–Kier alpha value is -2.64. The zero-order chi connectivity index (χ0) is 26.6. The van der Waals surface area contributed by atoms with Gasteiger partial charge in [-0.05, 0) is 50.7 Å². The number of ether oxygens (including phenoxy) is 1. The molecule has 0 bridgehead atoms. The van der Waals surface area contributed by atoms with Crippen molar-refractivity contribution in [2.45, 2.75) is 60.4 Å². The van der Waals surface area contributed by atoms with Crippen LogP contribution < -0.4 is 10.5 Å². The number of aromatic nitrogens is 1. The monoisotopic (exact) mass is 530 g/mol. The second-order valence-corrected chi connectivity index (χ2v) is 11.2. The first kappa shape index (κ1) is 27.9. The Morgan fingerprint density at radius 2 is 2.06 bits per heavy atom. The smallest absolute Gasteiger partial charge is 0.310 e. The molecule has 1 unspecified atom stereocenters. The van der Waals surface area contributed by atoms with Crippen LogP contribution in [0.2, 0.25) is 0 Å². The Morgan fingerprint density at radius 1 is 1.33 bits per heavy atom. The molecular weight excluding hydrogens is 496 g/mol. The number of hydrogen-bond donors (Lipinski definition) is 0. The summed E-state index contributed by atoms with van der Waals surface area (Å²) in [5, 5.41) is 9.83. The fourth-order valence-electron chi connectivity index (χ4n) is 4.69. The van der Waals surface area contributed by atoms with Crippen LogP contribution in [-0.4, -0.2) is 51.9 Å². The van der Waals surface area contributed by atoms with Crippen LogP contribution in [0.25, 0.3) is 6.08 Å². The molecule has 1 aromatic rings. The summed E-state index contributed by atoms with van der Waals surface area (Å²) in [6.45, 7) is 11.9. The van der Waals surface area contributed by atoms with Gasteiger partial charge < -0.3 is 9.64 Å². The lowest BCUT2D eigenvalue weighted by molar-refractivity contribution is -0.148. The molecule has 2 aliphatic heterocycles. The molecular formula is C26H34N4O4S2. The molecule has 0 N–H and O–H groups in total. The summed E-state index contributed by atoms with van der Waals surface area (Å²) in [5.41, 5.74) is 0.885. The number of carbonyl (C=O) groups excluding carboxylic acids is 2. The molecule has 1 atom stereocenters. The second-order valence-electron chi connectivity index (χ2n) is 9.53. The first-order chi connectivity index (χ1) is 17.1. The van der Waals surface area contributed by atoms with Gasteiger partial charge in [-0.3, -0.25) is 23.9 Å². The van der Waals surface area contributed by atoms with Crippen LogP contribution in [0.1, 0.15) is 63.6 Å². The lowest BCUT2D eigenvalue weighted by Gasteiger charge is -2.36. The van der Waals surface area contributed by atoms with Gasteiger partial charge in [0.1, 0.15) is 21.8 Å². The maximum absolute atomic E-state index is 13.4. The van der Waals surface area contributed by atoms with Crippen LogP contribution >= 0.6 is 24.0 Å². The van der Waals surface area contributed by atoms with Crippen LogP contribution in [0.15, 0.2) is 9.70 Å². The molecule has 3 rings (SSSR count). The number of pyridine rings is 1. The van der Waals surface area contributed by atoms with E-state index < -0.39 is 0 Å². The molecule has 2 aliphatic rings. The zero-order valence-corrected chi connectivity index (χ0v) is 23.3. The standard InChI is InChI=1S/C26H34N4O4S2/c1-6-10-29-22(28-11-8-9-18(15-28)25(33)34-7-2)19(17(5)20(13-27)23(29)31)12-21-24(32)30(14-16(3)4)26(35)36-21/h12,16,18H,6-11,14-15H2,1-5H3. The van der Waals surface area contributed by atoms with E-state index in [0.29, 0.717) is 71.8 Å². The van der Waals surface area contributed by atoms with Gasteiger partial charge in [0.05, 0.1) is 17.4 Å². The Balaban J connectivity index is 2.19. The molecule has 2 fully saturated rings. The first-order valence-electron chi connectivity index (χ1n) is 12.5. The minimum atomic E-state index is -0.352. The Morgan fingerprint density at radius 3 is 2.67 bits per heavy atom. The highest BCUT2D eigenvalue weighted by Gasteiger charge is 2.35. The molecule has 0 aromatic carbocycles. The Labute approximate surface area is 222 Å². The van der Waals surface area contributed by atoms with E-state index in [9.17, 15) is 19.6 Å². The largest absolute Gasteiger partial charge is 0.466 e. The summed E-state index contributed by atoms with van der Waals surface area (Å²) >= 11 is 6.72. The summed E-state index contributed by atoms with van der Waals surface area (Å²) in [7, 11) is 0. The third-order valence-electron chi connectivity index (χ3n) is 6.33. The van der Waals surface area contributed by atoms with Crippen molar-refractivity contribution >= 4 is 52.1 Å². The number of nitrogens with zero attached hydrogens (tertiary/aromatic N) is 4. The van der Waals surface area contributed by atoms with Crippen molar-refractivity contribution in [1.82, 2.24) is 9.47 Å². The minimum Gasteiger partial charge on any atom is -0.466 e. The molecule has 10 heteroatoms. The minimum absolute atomic E-state index is 0.0649. The fraction of sp³-hybridized carbons (Fsp3) is 0.577. The molecule has 0 radical (unpaired) electrons. The highest BCUT2D eigenvalue weighted by molar-refractivity contribution is 8.26. The van der Waals surface area contributed by atoms with Crippen molar-refractivity contribution in [2.24, 2.45) is 11.8 Å². The maximum atomic E-state index is 13.4. The molecule has 3 heterocycles. The van der Waals surface area contributed by atoms with Crippen molar-refractivity contribution in [1.29, 1.82) is 5.26 Å². The quantitative estimate of drug-likeness (QED) is 0.282. The van der Waals surface area contributed by atoms with Crippen molar-refractivity contribution in [3.8, 4) is 6.07 Å². The number of amides is 1. The van der Waals surface area contributed by atoms with Gasteiger partial charge >= 0.3 is 5.97 Å². The normalized spacial score (nSPS) is 19.4. The number of carbonyl (C=O) groups is 2. The van der Waals surface area contributed by atoms with E-state index in [1.807, 2.05) is 25.7 Å². The van der Waals surface area contributed by atoms with Gasteiger partial charge in [0, 0.05) is 31.7 Å². The van der Waals surface area contributed by atoms with Gasteiger partial charge in [0.25, 0.3) is 11.5 Å². The molecule has 0 saturated carbocycles. The molecule has 1 amide bonds. The summed E-state index contributed by atoms with van der Waals surface area (Å²) < 4.78 is 7.40. The van der Waals surface area contributed by atoms with E-state index in [4.69, 9.17) is 17.0 Å². The first-order valence-corrected chi connectivity index (χ1v) is 13.7. The number of piperidine rings is 1. The van der Waals surface area contributed by atoms with Crippen LogP contribution in [0.5, 0.6) is 0 Å². The van der Waals surface area contributed by atoms with Gasteiger partial charge in [-0.2, -0.15) is 5.26 Å². The summed E-state index contributed by atoms with van der Waals surface area (Å²) in [6, 6.07) is 2.07. The zero-order valence-electron chi connectivity index (χ0n) is 21.6. The molecule has 36 heavy (non-hydrogen) atoms. The third-order valence-corrected chi connectivity index (χ3v) is 7.71. The Kier molecular flexibility index (Phi) is 9.36. The van der Waals surface area contributed by atoms with E-state index in [1.165, 1.54) is 11.8 Å². The maximum Gasteiger partial charge on any atom is 0.310 e. The SMILES string of the molecule is CCCn1c(N2CCCC(C(=O)OCC)C2)c(C=C2SC(=S)N(CC(C)C)C2=O)c(C)c(C#N)c1=O. The van der Waals surface area contributed by atoms with Crippen LogP contribution in [0.3, 0.4) is 0 Å². The van der Waals surface area contributed by atoms with E-state index in [0.717, 1.165) is 6.42 Å². The average Bonchev–Trinajstić information content (AvgIpc) is 3.09. The number of nitriles is 1. The topological polar surface area (TPSA) is 95.6 Å². The molecule has 0 spiro atoms. The molecule has 194 valence electrons. The highest BCUT2D eigenvalue weighted by atomic mass is 32.2. The second kappa shape index (κ2) is 12.1. The fourth-order valence-corrected chi connectivity index (χ4v) is 5.95. The number of esters is 1. The van der Waals surface area contributed by atoms with Gasteiger partial charge in [-0.15, -0.1) is 0 Å². The summed E-state index contributed by atoms with van der Waals surface area (Å²) in [6.07, 6.45) is 3.93. The van der Waals surface area contributed by atoms with Crippen molar-refractivity contribution < 1.29 is 14.3 Å². The number of thiocarbonyl (C=S) groups is 1. The van der Waals surface area contributed by atoms with Gasteiger partial charge in [-0.1, -0.05) is 44.8 Å². The molecule has 2 saturated heterocycles. The van der Waals surface area contributed by atoms with E-state index in [-0.39, 0.29) is 34.8 Å². The van der Waals surface area contributed by atoms with E-state index >= 15 is 0 Å². The van der Waals surface area contributed by atoms with E-state index in [1.54, 1.807) is 29.4 Å². The van der Waals surface area contributed by atoms with Crippen LogP contribution in [0.4, 0.5) is 5.82 Å². The number of thioether (sulfide) groups is 1. The summed E-state index contributed by atoms with van der Waals surface area (Å²) in [4.78, 5) is 43.3. The third kappa shape index (κ3) is 5.68. The lowest BCUT2D eigenvalue weighted by Crippen LogP contribution is -2.43. The van der Waals surface area contributed by atoms with Gasteiger partial charge in [0.15, 0.2) is 0 Å². The van der Waals surface area contributed by atoms with Crippen molar-refractivity contribution in [3.05, 3.63) is 31.9 Å². The lowest BCUT2D eigenvalue weighted by atomic mass is 9.96. The predicted molar refractivity (Wildman–Crippen MR) is 147 cm³/mol. The van der Waals surface area contributed by atoms with Gasteiger partial charge in [-0.25, -0.2) is 0 Å². The summed E-state index contributed by atoms with van der Waals surface area (Å²) in [5.74, 6) is 0.180. The Bertz CT molecular complexity index is 1180.